The Kier molecular flexibility index (Phi) is 12.9. The third kappa shape index (κ3) is 11.2. The van der Waals surface area contributed by atoms with Gasteiger partial charge in [-0.2, -0.15) is 0 Å². The smallest absolute Gasteiger partial charge is 0.303 e. The molecule has 3 unspecified atom stereocenters. The molecule has 0 saturated heterocycles. The molecule has 11 nitrogen and oxygen atoms in total. The van der Waals surface area contributed by atoms with Gasteiger partial charge in [-0.25, -0.2) is 0 Å². The number of hydrogen-bond acceptors (Lipinski definition) is 7. The van der Waals surface area contributed by atoms with E-state index < -0.39 is 53.3 Å². The van der Waals surface area contributed by atoms with Gasteiger partial charge in [-0.05, 0) is 45.6 Å². The van der Waals surface area contributed by atoms with Crippen LogP contribution in [0.25, 0.3) is 0 Å². The Balaban J connectivity index is 5.14. The molecule has 2 amide bonds. The summed E-state index contributed by atoms with van der Waals surface area (Å²) in [4.78, 5) is 70.2. The van der Waals surface area contributed by atoms with Gasteiger partial charge in [0.05, 0.1) is 12.1 Å². The van der Waals surface area contributed by atoms with Crippen molar-refractivity contribution in [2.75, 3.05) is 6.54 Å². The number of carboxylic acid groups (broad SMARTS) is 2. The van der Waals surface area contributed by atoms with Gasteiger partial charge in [-0.15, -0.1) is 0 Å². The van der Waals surface area contributed by atoms with E-state index >= 15 is 0 Å². The van der Waals surface area contributed by atoms with E-state index in [9.17, 15) is 28.8 Å². The van der Waals surface area contributed by atoms with Crippen molar-refractivity contribution in [3.05, 3.63) is 0 Å². The second-order valence-corrected chi connectivity index (χ2v) is 7.11. The van der Waals surface area contributed by atoms with Crippen molar-refractivity contribution in [3.8, 4) is 0 Å². The molecule has 0 bridgehead atoms. The summed E-state index contributed by atoms with van der Waals surface area (Å²) in [6, 6.07) is -2.30. The number of carbonyl (C=O) groups excluding carboxylic acids is 4. The molecule has 0 spiro atoms. The Morgan fingerprint density at radius 2 is 1.40 bits per heavy atom. The normalized spacial score (nSPS) is 13.6. The van der Waals surface area contributed by atoms with Crippen LogP contribution < -0.4 is 16.4 Å². The maximum Gasteiger partial charge on any atom is 0.303 e. The van der Waals surface area contributed by atoms with E-state index in [1.54, 1.807) is 0 Å². The van der Waals surface area contributed by atoms with Crippen molar-refractivity contribution in [1.82, 2.24) is 10.6 Å². The third-order valence-electron chi connectivity index (χ3n) is 4.49. The highest BCUT2D eigenvalue weighted by atomic mass is 16.4. The number of carbonyl (C=O) groups is 6. The number of nitrogens with two attached hydrogens (primary N) is 1. The third-order valence-corrected chi connectivity index (χ3v) is 4.49. The minimum Gasteiger partial charge on any atom is -0.481 e. The maximum absolute atomic E-state index is 12.6. The van der Waals surface area contributed by atoms with E-state index in [2.05, 4.69) is 10.6 Å². The molecule has 0 fully saturated rings. The van der Waals surface area contributed by atoms with E-state index in [-0.39, 0.29) is 32.1 Å². The Bertz CT molecular complexity index is 650. The second-order valence-electron chi connectivity index (χ2n) is 7.11. The fourth-order valence-corrected chi connectivity index (χ4v) is 2.58. The van der Waals surface area contributed by atoms with Gasteiger partial charge < -0.3 is 26.6 Å². The molecule has 170 valence electrons. The van der Waals surface area contributed by atoms with E-state index in [0.717, 1.165) is 0 Å². The van der Waals surface area contributed by atoms with Gasteiger partial charge in [0.2, 0.25) is 11.7 Å². The summed E-state index contributed by atoms with van der Waals surface area (Å²) >= 11 is 0. The summed E-state index contributed by atoms with van der Waals surface area (Å²) < 4.78 is 0. The molecular weight excluding hydrogens is 398 g/mol. The van der Waals surface area contributed by atoms with Crippen LogP contribution in [0.15, 0.2) is 0 Å². The monoisotopic (exact) mass is 429 g/mol. The molecule has 11 heteroatoms. The highest BCUT2D eigenvalue weighted by Crippen LogP contribution is 2.09. The van der Waals surface area contributed by atoms with Crippen molar-refractivity contribution < 1.29 is 39.0 Å². The van der Waals surface area contributed by atoms with Crippen LogP contribution >= 0.6 is 0 Å². The zero-order chi connectivity index (χ0) is 23.3. The van der Waals surface area contributed by atoms with Crippen molar-refractivity contribution in [2.24, 2.45) is 11.7 Å². The SMILES string of the molecule is CC(=O)C(CCC(=O)O)NC(=O)C(=O)C(CCCCN)NC(=O)C(C)CCC(=O)O. The lowest BCUT2D eigenvalue weighted by atomic mass is 10.00. The first kappa shape index (κ1) is 27.2. The molecule has 0 rings (SSSR count). The van der Waals surface area contributed by atoms with Crippen LogP contribution in [0.3, 0.4) is 0 Å². The molecule has 3 atom stereocenters. The van der Waals surface area contributed by atoms with Crippen molar-refractivity contribution in [2.45, 2.75) is 70.9 Å². The van der Waals surface area contributed by atoms with Crippen LogP contribution in [0.5, 0.6) is 0 Å². The first-order valence-corrected chi connectivity index (χ1v) is 9.78. The summed E-state index contributed by atoms with van der Waals surface area (Å²) in [6.45, 7) is 3.04. The number of carboxylic acids is 2. The van der Waals surface area contributed by atoms with E-state index in [1.165, 1.54) is 13.8 Å². The minimum absolute atomic E-state index is 0.0681. The Morgan fingerprint density at radius 3 is 1.90 bits per heavy atom. The number of nitrogens with one attached hydrogen (secondary N) is 2. The average Bonchev–Trinajstić information content (AvgIpc) is 2.67. The van der Waals surface area contributed by atoms with Gasteiger partial charge in [0.15, 0.2) is 5.78 Å². The van der Waals surface area contributed by atoms with Crippen LogP contribution in [-0.4, -0.2) is 64.2 Å². The zero-order valence-corrected chi connectivity index (χ0v) is 17.3. The molecule has 0 aromatic carbocycles. The molecule has 0 aliphatic carbocycles. The molecule has 6 N–H and O–H groups in total. The molecule has 0 aromatic rings. The van der Waals surface area contributed by atoms with E-state index in [0.29, 0.717) is 19.4 Å². The lowest BCUT2D eigenvalue weighted by Gasteiger charge is -2.21. The molecule has 30 heavy (non-hydrogen) atoms. The highest BCUT2D eigenvalue weighted by molar-refractivity contribution is 6.38. The summed E-state index contributed by atoms with van der Waals surface area (Å²) in [6.07, 6.45) is 0.477. The quantitative estimate of drug-likeness (QED) is 0.160. The van der Waals surface area contributed by atoms with Crippen LogP contribution in [0.4, 0.5) is 0 Å². The molecule has 0 aliphatic rings. The predicted molar refractivity (Wildman–Crippen MR) is 105 cm³/mol. The van der Waals surface area contributed by atoms with Gasteiger partial charge >= 0.3 is 11.9 Å². The fraction of sp³-hybridized carbons (Fsp3) is 0.684. The lowest BCUT2D eigenvalue weighted by Crippen LogP contribution is -2.51. The van der Waals surface area contributed by atoms with Crippen molar-refractivity contribution in [1.29, 1.82) is 0 Å². The highest BCUT2D eigenvalue weighted by Gasteiger charge is 2.30. The molecule has 0 aromatic heterocycles. The van der Waals surface area contributed by atoms with Gasteiger partial charge in [-0.3, -0.25) is 28.8 Å². The van der Waals surface area contributed by atoms with Crippen molar-refractivity contribution in [3.63, 3.8) is 0 Å². The van der Waals surface area contributed by atoms with Gasteiger partial charge in [-0.1, -0.05) is 6.92 Å². The Morgan fingerprint density at radius 1 is 0.833 bits per heavy atom. The van der Waals surface area contributed by atoms with Gasteiger partial charge in [0.25, 0.3) is 5.91 Å². The van der Waals surface area contributed by atoms with E-state index in [4.69, 9.17) is 15.9 Å². The topological polar surface area (TPSA) is 193 Å². The molecular formula is C19H31N3O8. The molecule has 0 heterocycles. The average molecular weight is 429 g/mol. The zero-order valence-electron chi connectivity index (χ0n) is 17.3. The van der Waals surface area contributed by atoms with Crippen LogP contribution in [-0.2, 0) is 28.8 Å². The van der Waals surface area contributed by atoms with Gasteiger partial charge in [0, 0.05) is 18.8 Å². The first-order chi connectivity index (χ1) is 14.0. The van der Waals surface area contributed by atoms with E-state index in [1.807, 2.05) is 0 Å². The minimum atomic E-state index is -1.16. The van der Waals surface area contributed by atoms with Crippen molar-refractivity contribution >= 4 is 35.3 Å². The van der Waals surface area contributed by atoms with Gasteiger partial charge in [0.1, 0.15) is 0 Å². The fourth-order valence-electron chi connectivity index (χ4n) is 2.58. The molecule has 0 radical (unpaired) electrons. The van der Waals surface area contributed by atoms with Crippen LogP contribution in [0.2, 0.25) is 0 Å². The number of ketones is 2. The summed E-state index contributed by atoms with van der Waals surface area (Å²) in [5, 5.41) is 22.2. The first-order valence-electron chi connectivity index (χ1n) is 9.78. The number of hydrogen-bond donors (Lipinski definition) is 5. The van der Waals surface area contributed by atoms with Crippen LogP contribution in [0, 0.1) is 5.92 Å². The summed E-state index contributed by atoms with van der Waals surface area (Å²) in [5.74, 6) is -6.02. The molecule has 0 aliphatic heterocycles. The number of aliphatic carboxylic acids is 2. The number of amides is 2. The number of rotatable bonds is 16. The Hall–Kier alpha value is -2.82. The number of Topliss-reactive ketones (excluding diaryl/α,β-unsaturated/α-hetero) is 2. The predicted octanol–water partition coefficient (Wildman–Crippen LogP) is -0.391. The summed E-state index contributed by atoms with van der Waals surface area (Å²) in [5.41, 5.74) is 5.43. The lowest BCUT2D eigenvalue weighted by molar-refractivity contribution is -0.142. The Labute approximate surface area is 174 Å². The standard InChI is InChI=1S/C19H31N3O8/c1-11(6-8-15(24)25)18(29)22-14(5-3-4-10-20)17(28)19(30)21-13(12(2)23)7-9-16(26)27/h11,13-14H,3-10,20H2,1-2H3,(H,21,30)(H,22,29)(H,24,25)(H,26,27). The second kappa shape index (κ2) is 14.2. The maximum atomic E-state index is 12.6. The van der Waals surface area contributed by atoms with Crippen LogP contribution in [0.1, 0.15) is 58.8 Å². The molecule has 0 saturated carbocycles. The number of unbranched alkanes of at least 4 members (excludes halogenated alkanes) is 1. The largest absolute Gasteiger partial charge is 0.481 e. The summed E-state index contributed by atoms with van der Waals surface area (Å²) in [7, 11) is 0.